The first-order valence-corrected chi connectivity index (χ1v) is 6.46. The molecular formula is C14H11Cl3. The Hall–Kier alpha value is -0.690. The molecule has 0 heterocycles. The number of alkyl halides is 1. The maximum atomic E-state index is 6.01. The standard InChI is InChI=1S/C14H11Cl3/c1-9(15)10-2-4-11(5-3-10)12-6-7-13(16)14(17)8-12/h2-9H,1H3. The van der Waals surface area contributed by atoms with Crippen molar-refractivity contribution in [1.29, 1.82) is 0 Å². The third kappa shape index (κ3) is 2.95. The molecule has 0 nitrogen and oxygen atoms in total. The smallest absolute Gasteiger partial charge is 0.0598 e. The Labute approximate surface area is 116 Å². The summed E-state index contributed by atoms with van der Waals surface area (Å²) in [7, 11) is 0. The lowest BCUT2D eigenvalue weighted by atomic mass is 10.0. The zero-order valence-electron chi connectivity index (χ0n) is 9.25. The van der Waals surface area contributed by atoms with Crippen molar-refractivity contribution in [3.63, 3.8) is 0 Å². The van der Waals surface area contributed by atoms with Crippen LogP contribution in [0, 0.1) is 0 Å². The van der Waals surface area contributed by atoms with Gasteiger partial charge in [0.1, 0.15) is 0 Å². The highest BCUT2D eigenvalue weighted by Crippen LogP contribution is 2.29. The summed E-state index contributed by atoms with van der Waals surface area (Å²) in [5.74, 6) is 0. The van der Waals surface area contributed by atoms with Gasteiger partial charge in [-0.15, -0.1) is 11.6 Å². The van der Waals surface area contributed by atoms with E-state index in [-0.39, 0.29) is 5.38 Å². The Morgan fingerprint density at radius 1 is 0.824 bits per heavy atom. The van der Waals surface area contributed by atoms with E-state index in [0.717, 1.165) is 16.7 Å². The summed E-state index contributed by atoms with van der Waals surface area (Å²) in [5, 5.41) is 1.17. The van der Waals surface area contributed by atoms with Gasteiger partial charge in [-0.25, -0.2) is 0 Å². The molecule has 3 heteroatoms. The second kappa shape index (κ2) is 5.30. The van der Waals surface area contributed by atoms with Gasteiger partial charge in [-0.1, -0.05) is 53.5 Å². The van der Waals surface area contributed by atoms with Crippen LogP contribution in [0.2, 0.25) is 10.0 Å². The van der Waals surface area contributed by atoms with Gasteiger partial charge in [-0.2, -0.15) is 0 Å². The quantitative estimate of drug-likeness (QED) is 0.597. The molecule has 1 atom stereocenters. The molecule has 0 saturated heterocycles. The highest BCUT2D eigenvalue weighted by molar-refractivity contribution is 6.42. The third-order valence-corrected chi connectivity index (χ3v) is 3.61. The zero-order valence-corrected chi connectivity index (χ0v) is 11.5. The maximum absolute atomic E-state index is 6.01. The van der Waals surface area contributed by atoms with Crippen molar-refractivity contribution in [3.05, 3.63) is 58.1 Å². The normalized spacial score (nSPS) is 12.5. The molecule has 0 aliphatic rings. The first-order chi connectivity index (χ1) is 8.08. The maximum Gasteiger partial charge on any atom is 0.0598 e. The van der Waals surface area contributed by atoms with Gasteiger partial charge in [0, 0.05) is 0 Å². The van der Waals surface area contributed by atoms with Gasteiger partial charge < -0.3 is 0 Å². The average molecular weight is 286 g/mol. The van der Waals surface area contributed by atoms with Crippen molar-refractivity contribution < 1.29 is 0 Å². The second-order valence-electron chi connectivity index (χ2n) is 3.87. The summed E-state index contributed by atoms with van der Waals surface area (Å²) in [6.45, 7) is 1.95. The predicted octanol–water partition coefficient (Wildman–Crippen LogP) is 5.96. The molecule has 88 valence electrons. The molecule has 0 spiro atoms. The van der Waals surface area contributed by atoms with Crippen LogP contribution in [0.3, 0.4) is 0 Å². The third-order valence-electron chi connectivity index (χ3n) is 2.62. The van der Waals surface area contributed by atoms with Crippen molar-refractivity contribution in [2.75, 3.05) is 0 Å². The summed E-state index contributed by atoms with van der Waals surface area (Å²) in [6, 6.07) is 13.7. The molecule has 1 unspecified atom stereocenters. The molecule has 17 heavy (non-hydrogen) atoms. The molecule has 2 rings (SSSR count). The van der Waals surface area contributed by atoms with Crippen molar-refractivity contribution in [1.82, 2.24) is 0 Å². The largest absolute Gasteiger partial charge is 0.118 e. The number of hydrogen-bond acceptors (Lipinski definition) is 0. The number of halogens is 3. The molecule has 0 radical (unpaired) electrons. The fourth-order valence-electron chi connectivity index (χ4n) is 1.62. The van der Waals surface area contributed by atoms with E-state index in [1.807, 2.05) is 43.3 Å². The fourth-order valence-corrected chi connectivity index (χ4v) is 2.06. The minimum atomic E-state index is 0.0258. The summed E-state index contributed by atoms with van der Waals surface area (Å²) in [4.78, 5) is 0. The van der Waals surface area contributed by atoms with E-state index in [0.29, 0.717) is 10.0 Å². The molecule has 0 N–H and O–H groups in total. The van der Waals surface area contributed by atoms with Crippen LogP contribution in [0.1, 0.15) is 17.9 Å². The minimum Gasteiger partial charge on any atom is -0.118 e. The first kappa shape index (κ1) is 12.8. The average Bonchev–Trinajstić information content (AvgIpc) is 2.33. The van der Waals surface area contributed by atoms with Crippen LogP contribution in [0.15, 0.2) is 42.5 Å². The number of benzene rings is 2. The van der Waals surface area contributed by atoms with Gasteiger partial charge in [0.25, 0.3) is 0 Å². The lowest BCUT2D eigenvalue weighted by Crippen LogP contribution is -1.84. The van der Waals surface area contributed by atoms with E-state index in [9.17, 15) is 0 Å². The fraction of sp³-hybridized carbons (Fsp3) is 0.143. The van der Waals surface area contributed by atoms with E-state index in [2.05, 4.69) is 0 Å². The SMILES string of the molecule is CC(Cl)c1ccc(-c2ccc(Cl)c(Cl)c2)cc1. The number of hydrogen-bond donors (Lipinski definition) is 0. The molecule has 0 amide bonds. The van der Waals surface area contributed by atoms with Crippen LogP contribution in [-0.4, -0.2) is 0 Å². The lowest BCUT2D eigenvalue weighted by Gasteiger charge is -2.06. The zero-order chi connectivity index (χ0) is 12.4. The summed E-state index contributed by atoms with van der Waals surface area (Å²) >= 11 is 17.9. The number of rotatable bonds is 2. The van der Waals surface area contributed by atoms with Crippen molar-refractivity contribution in [3.8, 4) is 11.1 Å². The van der Waals surface area contributed by atoms with Crippen LogP contribution < -0.4 is 0 Å². The molecule has 0 fully saturated rings. The molecule has 0 saturated carbocycles. The van der Waals surface area contributed by atoms with E-state index in [4.69, 9.17) is 34.8 Å². The summed E-state index contributed by atoms with van der Waals surface area (Å²) < 4.78 is 0. The molecule has 0 aromatic heterocycles. The van der Waals surface area contributed by atoms with Gasteiger partial charge in [-0.3, -0.25) is 0 Å². The Kier molecular flexibility index (Phi) is 3.98. The second-order valence-corrected chi connectivity index (χ2v) is 5.34. The Bertz CT molecular complexity index is 515. The molecule has 0 aliphatic carbocycles. The van der Waals surface area contributed by atoms with Crippen LogP contribution >= 0.6 is 34.8 Å². The topological polar surface area (TPSA) is 0 Å². The predicted molar refractivity (Wildman–Crippen MR) is 76.2 cm³/mol. The van der Waals surface area contributed by atoms with Crippen molar-refractivity contribution in [2.24, 2.45) is 0 Å². The molecular weight excluding hydrogens is 275 g/mol. The Morgan fingerprint density at radius 2 is 1.41 bits per heavy atom. The van der Waals surface area contributed by atoms with Crippen LogP contribution in [0.25, 0.3) is 11.1 Å². The van der Waals surface area contributed by atoms with Crippen LogP contribution in [0.4, 0.5) is 0 Å². The molecule has 2 aromatic rings. The highest BCUT2D eigenvalue weighted by Gasteiger charge is 2.04. The van der Waals surface area contributed by atoms with Crippen molar-refractivity contribution in [2.45, 2.75) is 12.3 Å². The monoisotopic (exact) mass is 284 g/mol. The lowest BCUT2D eigenvalue weighted by molar-refractivity contribution is 1.08. The van der Waals surface area contributed by atoms with Crippen molar-refractivity contribution >= 4 is 34.8 Å². The minimum absolute atomic E-state index is 0.0258. The summed E-state index contributed by atoms with van der Waals surface area (Å²) in [6.07, 6.45) is 0. The van der Waals surface area contributed by atoms with Gasteiger partial charge in [-0.05, 0) is 35.7 Å². The molecule has 0 aliphatic heterocycles. The Morgan fingerprint density at radius 3 is 1.94 bits per heavy atom. The van der Waals surface area contributed by atoms with Gasteiger partial charge in [0.15, 0.2) is 0 Å². The Balaban J connectivity index is 2.36. The van der Waals surface area contributed by atoms with E-state index in [1.165, 1.54) is 0 Å². The summed E-state index contributed by atoms with van der Waals surface area (Å²) in [5.41, 5.74) is 3.26. The van der Waals surface area contributed by atoms with E-state index in [1.54, 1.807) is 6.07 Å². The van der Waals surface area contributed by atoms with Crippen LogP contribution in [-0.2, 0) is 0 Å². The first-order valence-electron chi connectivity index (χ1n) is 5.27. The van der Waals surface area contributed by atoms with Crippen LogP contribution in [0.5, 0.6) is 0 Å². The van der Waals surface area contributed by atoms with Gasteiger partial charge in [0.2, 0.25) is 0 Å². The highest BCUT2D eigenvalue weighted by atomic mass is 35.5. The van der Waals surface area contributed by atoms with E-state index < -0.39 is 0 Å². The molecule has 0 bridgehead atoms. The molecule has 2 aromatic carbocycles. The van der Waals surface area contributed by atoms with E-state index >= 15 is 0 Å². The van der Waals surface area contributed by atoms with Gasteiger partial charge in [0.05, 0.1) is 15.4 Å². The van der Waals surface area contributed by atoms with Gasteiger partial charge >= 0.3 is 0 Å².